The zero-order chi connectivity index (χ0) is 24.5. The largest absolute Gasteiger partial charge is 0.423 e. The van der Waals surface area contributed by atoms with E-state index in [1.807, 2.05) is 0 Å². The van der Waals surface area contributed by atoms with Gasteiger partial charge in [-0.05, 0) is 47.5 Å². The lowest BCUT2D eigenvalue weighted by atomic mass is 10.1. The Labute approximate surface area is 192 Å². The molecular formula is C24H16N2O8. The van der Waals surface area contributed by atoms with E-state index in [1.165, 1.54) is 72.8 Å². The summed E-state index contributed by atoms with van der Waals surface area (Å²) >= 11 is 0. The summed E-state index contributed by atoms with van der Waals surface area (Å²) < 4.78 is 10.2. The Balaban J connectivity index is 1.51. The minimum absolute atomic E-state index is 0.107. The normalized spacial score (nSPS) is 10.8. The number of hydrogen-bond donors (Lipinski definition) is 0. The van der Waals surface area contributed by atoms with Crippen LogP contribution < -0.4 is 9.47 Å². The number of nitrogens with zero attached hydrogens (tertiary/aromatic N) is 2. The fraction of sp³-hybridized carbons (Fsp3) is 0. The lowest BCUT2D eigenvalue weighted by Gasteiger charge is -2.01. The zero-order valence-corrected chi connectivity index (χ0v) is 17.4. The molecule has 3 aromatic carbocycles. The van der Waals surface area contributed by atoms with Gasteiger partial charge in [-0.15, -0.1) is 0 Å². The van der Waals surface area contributed by atoms with Crippen LogP contribution in [-0.2, 0) is 9.59 Å². The lowest BCUT2D eigenvalue weighted by molar-refractivity contribution is -0.385. The van der Waals surface area contributed by atoms with E-state index >= 15 is 0 Å². The molecule has 0 aliphatic heterocycles. The number of hydrogen-bond acceptors (Lipinski definition) is 8. The van der Waals surface area contributed by atoms with Crippen LogP contribution in [0.2, 0.25) is 0 Å². The molecule has 0 aliphatic rings. The predicted molar refractivity (Wildman–Crippen MR) is 122 cm³/mol. The minimum Gasteiger partial charge on any atom is -0.423 e. The first-order chi connectivity index (χ1) is 16.3. The Hall–Kier alpha value is -5.12. The van der Waals surface area contributed by atoms with Crippen molar-refractivity contribution in [3.05, 3.63) is 116 Å². The third kappa shape index (κ3) is 6.95. The Kier molecular flexibility index (Phi) is 7.59. The number of nitro groups is 2. The molecule has 0 amide bonds. The highest BCUT2D eigenvalue weighted by Crippen LogP contribution is 2.19. The van der Waals surface area contributed by atoms with Crippen molar-refractivity contribution in [2.45, 2.75) is 0 Å². The Morgan fingerprint density at radius 1 is 0.588 bits per heavy atom. The van der Waals surface area contributed by atoms with E-state index in [0.717, 1.165) is 0 Å². The molecule has 0 saturated carbocycles. The van der Waals surface area contributed by atoms with Gasteiger partial charge in [0, 0.05) is 36.4 Å². The van der Waals surface area contributed by atoms with Crippen LogP contribution in [0, 0.1) is 20.2 Å². The third-order valence-corrected chi connectivity index (χ3v) is 4.29. The van der Waals surface area contributed by atoms with E-state index < -0.39 is 21.8 Å². The van der Waals surface area contributed by atoms with Gasteiger partial charge in [0.15, 0.2) is 0 Å². The summed E-state index contributed by atoms with van der Waals surface area (Å²) in [4.78, 5) is 44.0. The molecule has 0 aliphatic carbocycles. The van der Waals surface area contributed by atoms with E-state index in [1.54, 1.807) is 24.3 Å². The fourth-order valence-electron chi connectivity index (χ4n) is 2.62. The fourth-order valence-corrected chi connectivity index (χ4v) is 2.62. The molecule has 0 saturated heterocycles. The molecule has 0 N–H and O–H groups in total. The molecular weight excluding hydrogens is 444 g/mol. The van der Waals surface area contributed by atoms with Crippen LogP contribution in [0.5, 0.6) is 11.5 Å². The molecule has 0 bridgehead atoms. The SMILES string of the molecule is O=C(/C=C/c1ccc(/C=C/C(=O)Oc2ccc([N+](=O)[O-])cc2)cc1)Oc1ccc([N+](=O)[O-])cc1. The first kappa shape index (κ1) is 23.5. The second kappa shape index (κ2) is 11.0. The van der Waals surface area contributed by atoms with Crippen LogP contribution in [0.4, 0.5) is 11.4 Å². The summed E-state index contributed by atoms with van der Waals surface area (Å²) in [7, 11) is 0. The number of benzene rings is 3. The highest BCUT2D eigenvalue weighted by molar-refractivity contribution is 5.89. The van der Waals surface area contributed by atoms with Crippen molar-refractivity contribution in [1.82, 2.24) is 0 Å². The zero-order valence-electron chi connectivity index (χ0n) is 17.4. The molecule has 3 rings (SSSR count). The molecule has 0 radical (unpaired) electrons. The summed E-state index contributed by atoms with van der Waals surface area (Å²) in [5, 5.41) is 21.3. The molecule has 34 heavy (non-hydrogen) atoms. The number of nitro benzene ring substituents is 2. The summed E-state index contributed by atoms with van der Waals surface area (Å²) in [6.45, 7) is 0. The first-order valence-electron chi connectivity index (χ1n) is 9.69. The Morgan fingerprint density at radius 2 is 0.912 bits per heavy atom. The van der Waals surface area contributed by atoms with Gasteiger partial charge in [0.1, 0.15) is 11.5 Å². The van der Waals surface area contributed by atoms with Crippen LogP contribution in [0.25, 0.3) is 12.2 Å². The summed E-state index contributed by atoms with van der Waals surface area (Å²) in [6.07, 6.45) is 5.50. The number of rotatable bonds is 8. The van der Waals surface area contributed by atoms with E-state index in [0.29, 0.717) is 11.1 Å². The van der Waals surface area contributed by atoms with Crippen molar-refractivity contribution in [3.8, 4) is 11.5 Å². The topological polar surface area (TPSA) is 139 Å². The number of non-ortho nitro benzene ring substituents is 2. The molecule has 0 atom stereocenters. The van der Waals surface area contributed by atoms with Gasteiger partial charge in [-0.3, -0.25) is 20.2 Å². The van der Waals surface area contributed by atoms with E-state index in [4.69, 9.17) is 9.47 Å². The molecule has 3 aromatic rings. The molecule has 10 heteroatoms. The number of ether oxygens (including phenoxy) is 2. The minimum atomic E-state index is -0.646. The maximum Gasteiger partial charge on any atom is 0.336 e. The van der Waals surface area contributed by atoms with Crippen LogP contribution in [0.1, 0.15) is 11.1 Å². The average molecular weight is 460 g/mol. The Bertz CT molecular complexity index is 1160. The average Bonchev–Trinajstić information content (AvgIpc) is 2.83. The van der Waals surface area contributed by atoms with Gasteiger partial charge in [0.05, 0.1) is 9.85 Å². The van der Waals surface area contributed by atoms with E-state index in [2.05, 4.69) is 0 Å². The number of carbonyl (C=O) groups is 2. The highest BCUT2D eigenvalue weighted by Gasteiger charge is 2.07. The van der Waals surface area contributed by atoms with Gasteiger partial charge >= 0.3 is 11.9 Å². The standard InChI is InChI=1S/C24H16N2O8/c27-23(33-21-11-7-19(8-12-21)25(29)30)15-5-17-1-2-18(4-3-17)6-16-24(28)34-22-13-9-20(10-14-22)26(31)32/h1-16H/b15-5+,16-6+. The maximum absolute atomic E-state index is 11.9. The lowest BCUT2D eigenvalue weighted by Crippen LogP contribution is -2.03. The van der Waals surface area contributed by atoms with Gasteiger partial charge < -0.3 is 9.47 Å². The molecule has 0 unspecified atom stereocenters. The van der Waals surface area contributed by atoms with Crippen LogP contribution >= 0.6 is 0 Å². The van der Waals surface area contributed by atoms with Gasteiger partial charge in [-0.25, -0.2) is 9.59 Å². The molecule has 0 heterocycles. The van der Waals surface area contributed by atoms with E-state index in [9.17, 15) is 29.8 Å². The first-order valence-corrected chi connectivity index (χ1v) is 9.69. The smallest absolute Gasteiger partial charge is 0.336 e. The van der Waals surface area contributed by atoms with Crippen molar-refractivity contribution in [2.24, 2.45) is 0 Å². The summed E-state index contributed by atoms with van der Waals surface area (Å²) in [5.41, 5.74) is 1.19. The molecule has 0 aromatic heterocycles. The molecule has 170 valence electrons. The van der Waals surface area contributed by atoms with Crippen molar-refractivity contribution in [3.63, 3.8) is 0 Å². The second-order valence-corrected chi connectivity index (χ2v) is 6.68. The third-order valence-electron chi connectivity index (χ3n) is 4.29. The number of esters is 2. The highest BCUT2D eigenvalue weighted by atomic mass is 16.6. The van der Waals surface area contributed by atoms with Crippen molar-refractivity contribution in [1.29, 1.82) is 0 Å². The van der Waals surface area contributed by atoms with Crippen molar-refractivity contribution in [2.75, 3.05) is 0 Å². The monoisotopic (exact) mass is 460 g/mol. The van der Waals surface area contributed by atoms with Gasteiger partial charge in [0.2, 0.25) is 0 Å². The predicted octanol–water partition coefficient (Wildman–Crippen LogP) is 4.74. The van der Waals surface area contributed by atoms with Crippen molar-refractivity contribution < 1.29 is 28.9 Å². The van der Waals surface area contributed by atoms with Gasteiger partial charge in [-0.2, -0.15) is 0 Å². The summed E-state index contributed by atoms with van der Waals surface area (Å²) in [5.74, 6) is -0.929. The van der Waals surface area contributed by atoms with Crippen LogP contribution in [0.15, 0.2) is 84.9 Å². The quantitative estimate of drug-likeness (QED) is 0.154. The maximum atomic E-state index is 11.9. The molecule has 10 nitrogen and oxygen atoms in total. The van der Waals surface area contributed by atoms with Crippen LogP contribution in [-0.4, -0.2) is 21.8 Å². The van der Waals surface area contributed by atoms with Gasteiger partial charge in [-0.1, -0.05) is 24.3 Å². The van der Waals surface area contributed by atoms with Crippen molar-refractivity contribution >= 4 is 35.5 Å². The molecule has 0 spiro atoms. The van der Waals surface area contributed by atoms with Gasteiger partial charge in [0.25, 0.3) is 11.4 Å². The second-order valence-electron chi connectivity index (χ2n) is 6.68. The molecule has 0 fully saturated rings. The Morgan fingerprint density at radius 3 is 1.21 bits per heavy atom. The van der Waals surface area contributed by atoms with E-state index in [-0.39, 0.29) is 22.9 Å². The number of carbonyl (C=O) groups excluding carboxylic acids is 2. The van der Waals surface area contributed by atoms with Crippen LogP contribution in [0.3, 0.4) is 0 Å². The summed E-state index contributed by atoms with van der Waals surface area (Å²) in [6, 6.07) is 17.1.